The molecule has 1 saturated heterocycles. The molecule has 100 valence electrons. The van der Waals surface area contributed by atoms with Gasteiger partial charge in [0.2, 0.25) is 11.7 Å². The molecule has 1 atom stereocenters. The minimum absolute atomic E-state index is 0.0887. The highest BCUT2D eigenvalue weighted by atomic mass is 79.9. The molecule has 19 heavy (non-hydrogen) atoms. The lowest BCUT2D eigenvalue weighted by Crippen LogP contribution is -2.34. The average molecular weight is 328 g/mol. The summed E-state index contributed by atoms with van der Waals surface area (Å²) in [5.74, 6) is 0.585. The summed E-state index contributed by atoms with van der Waals surface area (Å²) in [7, 11) is 0. The van der Waals surface area contributed by atoms with Crippen LogP contribution in [0.1, 0.15) is 11.9 Å². The molecule has 1 unspecified atom stereocenters. The predicted octanol–water partition coefficient (Wildman–Crippen LogP) is 2.30. The zero-order valence-electron chi connectivity index (χ0n) is 9.90. The highest BCUT2D eigenvalue weighted by molar-refractivity contribution is 9.10. The topological polar surface area (TPSA) is 60.2 Å². The lowest BCUT2D eigenvalue weighted by atomic mass is 10.2. The largest absolute Gasteiger partial charge is 0.378 e. The summed E-state index contributed by atoms with van der Waals surface area (Å²) in [6.45, 7) is 1.94. The lowest BCUT2D eigenvalue weighted by molar-refractivity contribution is 0.0659. The van der Waals surface area contributed by atoms with E-state index < -0.39 is 0 Å². The van der Waals surface area contributed by atoms with Crippen LogP contribution in [0.4, 0.5) is 4.39 Å². The van der Waals surface area contributed by atoms with Gasteiger partial charge in [-0.05, 0) is 34.1 Å². The molecule has 0 aliphatic carbocycles. The standard InChI is InChI=1S/C12H11BrFN3O2/c13-9-5-7(14)1-2-8(9)11-16-12(19-17-11)10-6-18-4-3-15-10/h1-2,5,10,15H,3-4,6H2. The van der Waals surface area contributed by atoms with Gasteiger partial charge < -0.3 is 14.6 Å². The van der Waals surface area contributed by atoms with Gasteiger partial charge >= 0.3 is 0 Å². The van der Waals surface area contributed by atoms with Gasteiger partial charge in [-0.15, -0.1) is 0 Å². The van der Waals surface area contributed by atoms with Crippen LogP contribution in [0.15, 0.2) is 27.2 Å². The maximum absolute atomic E-state index is 13.0. The number of benzene rings is 1. The van der Waals surface area contributed by atoms with E-state index in [1.54, 1.807) is 6.07 Å². The second-order valence-corrected chi connectivity index (χ2v) is 5.02. The van der Waals surface area contributed by atoms with Gasteiger partial charge in [-0.3, -0.25) is 0 Å². The van der Waals surface area contributed by atoms with Gasteiger partial charge in [0, 0.05) is 16.6 Å². The molecule has 2 heterocycles. The lowest BCUT2D eigenvalue weighted by Gasteiger charge is -2.20. The van der Waals surface area contributed by atoms with Gasteiger partial charge in [0.15, 0.2) is 0 Å². The van der Waals surface area contributed by atoms with Crippen LogP contribution in [-0.4, -0.2) is 29.9 Å². The molecule has 0 amide bonds. The number of nitrogens with zero attached hydrogens (tertiary/aromatic N) is 2. The quantitative estimate of drug-likeness (QED) is 0.917. The van der Waals surface area contributed by atoms with Crippen molar-refractivity contribution in [1.29, 1.82) is 0 Å². The van der Waals surface area contributed by atoms with Gasteiger partial charge in [0.1, 0.15) is 11.9 Å². The Balaban J connectivity index is 1.87. The molecule has 7 heteroatoms. The molecule has 0 saturated carbocycles. The van der Waals surface area contributed by atoms with E-state index in [1.165, 1.54) is 12.1 Å². The SMILES string of the molecule is Fc1ccc(-c2noc(C3COCCN3)n2)c(Br)c1. The monoisotopic (exact) mass is 327 g/mol. The number of morpholine rings is 1. The van der Waals surface area contributed by atoms with Crippen LogP contribution >= 0.6 is 15.9 Å². The van der Waals surface area contributed by atoms with Crippen molar-refractivity contribution in [3.8, 4) is 11.4 Å². The van der Waals surface area contributed by atoms with Crippen LogP contribution in [0.2, 0.25) is 0 Å². The molecule has 1 N–H and O–H groups in total. The fourth-order valence-corrected chi connectivity index (χ4v) is 2.41. The Hall–Kier alpha value is -1.31. The van der Waals surface area contributed by atoms with E-state index in [4.69, 9.17) is 9.26 Å². The Kier molecular flexibility index (Phi) is 3.58. The van der Waals surface area contributed by atoms with Gasteiger partial charge in [-0.2, -0.15) is 4.98 Å². The van der Waals surface area contributed by atoms with Crippen molar-refractivity contribution in [3.05, 3.63) is 34.4 Å². The number of hydrogen-bond donors (Lipinski definition) is 1. The molecule has 0 radical (unpaired) electrons. The van der Waals surface area contributed by atoms with Gasteiger partial charge in [-0.1, -0.05) is 5.16 Å². The van der Waals surface area contributed by atoms with Crippen LogP contribution in [0, 0.1) is 5.82 Å². The smallest absolute Gasteiger partial charge is 0.246 e. The molecule has 0 spiro atoms. The maximum Gasteiger partial charge on any atom is 0.246 e. The van der Waals surface area contributed by atoms with Crippen LogP contribution in [0.25, 0.3) is 11.4 Å². The Morgan fingerprint density at radius 2 is 2.32 bits per heavy atom. The van der Waals surface area contributed by atoms with Gasteiger partial charge in [0.05, 0.1) is 13.2 Å². The summed E-state index contributed by atoms with van der Waals surface area (Å²) in [6, 6.07) is 4.25. The Labute approximate surface area is 117 Å². The van der Waals surface area contributed by atoms with E-state index in [0.29, 0.717) is 35.0 Å². The number of halogens is 2. The summed E-state index contributed by atoms with van der Waals surface area (Å²) >= 11 is 3.29. The number of rotatable bonds is 2. The van der Waals surface area contributed by atoms with E-state index in [2.05, 4.69) is 31.4 Å². The molecule has 3 rings (SSSR count). The Bertz CT molecular complexity index is 584. The van der Waals surface area contributed by atoms with Crippen LogP contribution in [0.5, 0.6) is 0 Å². The zero-order valence-corrected chi connectivity index (χ0v) is 11.5. The van der Waals surface area contributed by atoms with E-state index in [1.807, 2.05) is 0 Å². The molecule has 1 aliphatic rings. The first-order valence-electron chi connectivity index (χ1n) is 5.84. The molecule has 1 aliphatic heterocycles. The first kappa shape index (κ1) is 12.7. The molecule has 1 fully saturated rings. The van der Waals surface area contributed by atoms with Crippen molar-refractivity contribution in [2.75, 3.05) is 19.8 Å². The third-order valence-corrected chi connectivity index (χ3v) is 3.49. The summed E-state index contributed by atoms with van der Waals surface area (Å²) in [5.41, 5.74) is 0.688. The molecule has 1 aromatic heterocycles. The summed E-state index contributed by atoms with van der Waals surface area (Å²) in [6.07, 6.45) is 0. The number of nitrogens with one attached hydrogen (secondary N) is 1. The van der Waals surface area contributed by atoms with Crippen molar-refractivity contribution < 1.29 is 13.7 Å². The second kappa shape index (κ2) is 5.36. The molecule has 0 bridgehead atoms. The molecular formula is C12H11BrFN3O2. The normalized spacial score (nSPS) is 19.6. The third kappa shape index (κ3) is 2.68. The highest BCUT2D eigenvalue weighted by Crippen LogP contribution is 2.27. The summed E-state index contributed by atoms with van der Waals surface area (Å²) < 4.78 is 24.2. The van der Waals surface area contributed by atoms with Gasteiger partial charge in [0.25, 0.3) is 0 Å². The Morgan fingerprint density at radius 3 is 3.05 bits per heavy atom. The highest BCUT2D eigenvalue weighted by Gasteiger charge is 2.22. The summed E-state index contributed by atoms with van der Waals surface area (Å²) in [4.78, 5) is 4.32. The number of aromatic nitrogens is 2. The fourth-order valence-electron chi connectivity index (χ4n) is 1.88. The Morgan fingerprint density at radius 1 is 1.42 bits per heavy atom. The molecule has 5 nitrogen and oxygen atoms in total. The van der Waals surface area contributed by atoms with E-state index in [0.717, 1.165) is 6.54 Å². The summed E-state index contributed by atoms with van der Waals surface area (Å²) in [5, 5.41) is 7.15. The van der Waals surface area contributed by atoms with Crippen LogP contribution in [-0.2, 0) is 4.74 Å². The minimum atomic E-state index is -0.318. The fraction of sp³-hybridized carbons (Fsp3) is 0.333. The maximum atomic E-state index is 13.0. The van der Waals surface area contributed by atoms with Gasteiger partial charge in [-0.25, -0.2) is 4.39 Å². The van der Waals surface area contributed by atoms with Crippen molar-refractivity contribution in [2.24, 2.45) is 0 Å². The first-order chi connectivity index (χ1) is 9.24. The van der Waals surface area contributed by atoms with Crippen molar-refractivity contribution >= 4 is 15.9 Å². The van der Waals surface area contributed by atoms with Crippen molar-refractivity contribution in [2.45, 2.75) is 6.04 Å². The molecular weight excluding hydrogens is 317 g/mol. The predicted molar refractivity (Wildman–Crippen MR) is 69.0 cm³/mol. The zero-order chi connectivity index (χ0) is 13.2. The van der Waals surface area contributed by atoms with E-state index >= 15 is 0 Å². The number of hydrogen-bond acceptors (Lipinski definition) is 5. The van der Waals surface area contributed by atoms with Crippen molar-refractivity contribution in [1.82, 2.24) is 15.5 Å². The van der Waals surface area contributed by atoms with Crippen LogP contribution < -0.4 is 5.32 Å². The molecule has 1 aromatic carbocycles. The minimum Gasteiger partial charge on any atom is -0.378 e. The first-order valence-corrected chi connectivity index (χ1v) is 6.63. The second-order valence-electron chi connectivity index (χ2n) is 4.16. The van der Waals surface area contributed by atoms with Crippen LogP contribution in [0.3, 0.4) is 0 Å². The van der Waals surface area contributed by atoms with E-state index in [-0.39, 0.29) is 11.9 Å². The third-order valence-electron chi connectivity index (χ3n) is 2.83. The van der Waals surface area contributed by atoms with Crippen molar-refractivity contribution in [3.63, 3.8) is 0 Å². The number of ether oxygens (including phenoxy) is 1. The average Bonchev–Trinajstić information content (AvgIpc) is 2.89. The van der Waals surface area contributed by atoms with E-state index in [9.17, 15) is 4.39 Å². The molecule has 2 aromatic rings.